The van der Waals surface area contributed by atoms with Crippen molar-refractivity contribution in [3.63, 3.8) is 0 Å². The monoisotopic (exact) mass is 372 g/mol. The van der Waals surface area contributed by atoms with E-state index in [1.54, 1.807) is 6.92 Å². The summed E-state index contributed by atoms with van der Waals surface area (Å²) in [6.45, 7) is 2.91. The highest BCUT2D eigenvalue weighted by Crippen LogP contribution is 2.29. The fourth-order valence-electron chi connectivity index (χ4n) is 1.69. The topological polar surface area (TPSA) is 84.5 Å². The Labute approximate surface area is 148 Å². The molecule has 0 spiro atoms. The van der Waals surface area contributed by atoms with Crippen molar-refractivity contribution in [2.45, 2.75) is 32.5 Å². The van der Waals surface area contributed by atoms with E-state index >= 15 is 0 Å². The number of alkyl halides is 3. The Hall–Kier alpha value is -2.84. The second-order valence-corrected chi connectivity index (χ2v) is 5.40. The van der Waals surface area contributed by atoms with Gasteiger partial charge in [0, 0.05) is 12.1 Å². The molecule has 0 bridgehead atoms. The molecular formula is C17H19F3N2O4. The average Bonchev–Trinajstić information content (AvgIpc) is 2.57. The SMILES string of the molecule is CC[C@@H](C)NC(=O)NC(=O)COC(=O)/C=C/c1cccc(C(F)(F)F)c1. The Morgan fingerprint density at radius 2 is 1.96 bits per heavy atom. The summed E-state index contributed by atoms with van der Waals surface area (Å²) in [5, 5.41) is 4.48. The van der Waals surface area contributed by atoms with Crippen LogP contribution in [0, 0.1) is 0 Å². The molecular weight excluding hydrogens is 353 g/mol. The molecule has 2 N–H and O–H groups in total. The van der Waals surface area contributed by atoms with E-state index in [2.05, 4.69) is 10.1 Å². The number of carbonyl (C=O) groups is 3. The molecule has 0 saturated heterocycles. The predicted octanol–water partition coefficient (Wildman–Crippen LogP) is 2.89. The van der Waals surface area contributed by atoms with Crippen LogP contribution in [-0.4, -0.2) is 30.6 Å². The van der Waals surface area contributed by atoms with Gasteiger partial charge in [0.25, 0.3) is 5.91 Å². The number of benzene rings is 1. The van der Waals surface area contributed by atoms with Gasteiger partial charge in [-0.25, -0.2) is 9.59 Å². The predicted molar refractivity (Wildman–Crippen MR) is 87.9 cm³/mol. The summed E-state index contributed by atoms with van der Waals surface area (Å²) < 4.78 is 42.4. The van der Waals surface area contributed by atoms with E-state index < -0.39 is 36.3 Å². The molecule has 9 heteroatoms. The summed E-state index contributed by atoms with van der Waals surface area (Å²) in [6.07, 6.45) is -1.79. The van der Waals surface area contributed by atoms with Gasteiger partial charge in [-0.1, -0.05) is 19.1 Å². The maximum atomic E-state index is 12.6. The maximum absolute atomic E-state index is 12.6. The Bertz CT molecular complexity index is 687. The third-order valence-electron chi connectivity index (χ3n) is 3.21. The van der Waals surface area contributed by atoms with Gasteiger partial charge in [-0.05, 0) is 37.1 Å². The number of esters is 1. The number of hydrogen-bond acceptors (Lipinski definition) is 4. The normalized spacial score (nSPS) is 12.5. The lowest BCUT2D eigenvalue weighted by molar-refractivity contribution is -0.143. The third kappa shape index (κ3) is 7.82. The van der Waals surface area contributed by atoms with Gasteiger partial charge in [0.15, 0.2) is 6.61 Å². The van der Waals surface area contributed by atoms with Crippen molar-refractivity contribution in [2.75, 3.05) is 6.61 Å². The minimum Gasteiger partial charge on any atom is -0.452 e. The van der Waals surface area contributed by atoms with Gasteiger partial charge in [-0.15, -0.1) is 0 Å². The van der Waals surface area contributed by atoms with Crippen molar-refractivity contribution < 1.29 is 32.3 Å². The molecule has 0 saturated carbocycles. The number of ether oxygens (including phenoxy) is 1. The Balaban J connectivity index is 2.48. The fourth-order valence-corrected chi connectivity index (χ4v) is 1.69. The lowest BCUT2D eigenvalue weighted by Gasteiger charge is -2.11. The van der Waals surface area contributed by atoms with Gasteiger partial charge in [0.2, 0.25) is 0 Å². The van der Waals surface area contributed by atoms with Gasteiger partial charge in [0.05, 0.1) is 5.56 Å². The average molecular weight is 372 g/mol. The van der Waals surface area contributed by atoms with Crippen LogP contribution < -0.4 is 10.6 Å². The highest BCUT2D eigenvalue weighted by molar-refractivity contribution is 5.96. The molecule has 0 fully saturated rings. The number of carbonyl (C=O) groups excluding carboxylic acids is 3. The van der Waals surface area contributed by atoms with Gasteiger partial charge in [-0.2, -0.15) is 13.2 Å². The summed E-state index contributed by atoms with van der Waals surface area (Å²) in [7, 11) is 0. The Morgan fingerprint density at radius 3 is 2.58 bits per heavy atom. The van der Waals surface area contributed by atoms with Crippen LogP contribution in [0.15, 0.2) is 30.3 Å². The van der Waals surface area contributed by atoms with Crippen LogP contribution in [0.4, 0.5) is 18.0 Å². The number of amides is 3. The number of nitrogens with one attached hydrogen (secondary N) is 2. The molecule has 0 aliphatic carbocycles. The van der Waals surface area contributed by atoms with Crippen molar-refractivity contribution in [1.29, 1.82) is 0 Å². The van der Waals surface area contributed by atoms with Crippen molar-refractivity contribution in [3.8, 4) is 0 Å². The third-order valence-corrected chi connectivity index (χ3v) is 3.21. The zero-order chi connectivity index (χ0) is 19.7. The van der Waals surface area contributed by atoms with E-state index in [1.165, 1.54) is 12.1 Å². The molecule has 0 aliphatic heterocycles. The summed E-state index contributed by atoms with van der Waals surface area (Å²) in [5.41, 5.74) is -0.700. The molecule has 6 nitrogen and oxygen atoms in total. The summed E-state index contributed by atoms with van der Waals surface area (Å²) in [4.78, 5) is 34.4. The van der Waals surface area contributed by atoms with Crippen LogP contribution in [0.25, 0.3) is 6.08 Å². The number of hydrogen-bond donors (Lipinski definition) is 2. The molecule has 1 atom stereocenters. The van der Waals surface area contributed by atoms with Crippen LogP contribution in [0.1, 0.15) is 31.4 Å². The standard InChI is InChI=1S/C17H19F3N2O4/c1-3-11(2)21-16(25)22-14(23)10-26-15(24)8-7-12-5-4-6-13(9-12)17(18,19)20/h4-9,11H,3,10H2,1-2H3,(H2,21,22,23,25)/b8-7+/t11-/m1/s1. The van der Waals surface area contributed by atoms with E-state index in [0.717, 1.165) is 24.3 Å². The van der Waals surface area contributed by atoms with Crippen LogP contribution >= 0.6 is 0 Å². The van der Waals surface area contributed by atoms with Crippen LogP contribution in [0.2, 0.25) is 0 Å². The fraction of sp³-hybridized carbons (Fsp3) is 0.353. The molecule has 1 rings (SSSR count). The lowest BCUT2D eigenvalue weighted by atomic mass is 10.1. The minimum atomic E-state index is -4.49. The summed E-state index contributed by atoms with van der Waals surface area (Å²) in [6, 6.07) is 3.53. The zero-order valence-corrected chi connectivity index (χ0v) is 14.2. The number of halogens is 3. The zero-order valence-electron chi connectivity index (χ0n) is 14.2. The molecule has 0 aromatic heterocycles. The first-order chi connectivity index (χ1) is 12.1. The number of urea groups is 1. The van der Waals surface area contributed by atoms with Crippen LogP contribution in [-0.2, 0) is 20.5 Å². The Morgan fingerprint density at radius 1 is 1.27 bits per heavy atom. The Kier molecular flexibility index (Phi) is 7.82. The first-order valence-corrected chi connectivity index (χ1v) is 7.74. The quantitative estimate of drug-likeness (QED) is 0.594. The molecule has 0 radical (unpaired) electrons. The van der Waals surface area contributed by atoms with E-state index in [1.807, 2.05) is 12.2 Å². The van der Waals surface area contributed by atoms with Gasteiger partial charge < -0.3 is 10.1 Å². The van der Waals surface area contributed by atoms with Gasteiger partial charge >= 0.3 is 18.2 Å². The highest BCUT2D eigenvalue weighted by Gasteiger charge is 2.30. The molecule has 1 aromatic rings. The smallest absolute Gasteiger partial charge is 0.416 e. The molecule has 3 amide bonds. The van der Waals surface area contributed by atoms with Gasteiger partial charge in [-0.3, -0.25) is 10.1 Å². The number of imide groups is 1. The van der Waals surface area contributed by atoms with E-state index in [-0.39, 0.29) is 11.6 Å². The van der Waals surface area contributed by atoms with Crippen molar-refractivity contribution in [3.05, 3.63) is 41.5 Å². The lowest BCUT2D eigenvalue weighted by Crippen LogP contribution is -2.44. The first-order valence-electron chi connectivity index (χ1n) is 7.74. The van der Waals surface area contributed by atoms with Crippen LogP contribution in [0.3, 0.4) is 0 Å². The van der Waals surface area contributed by atoms with E-state index in [9.17, 15) is 27.6 Å². The summed E-state index contributed by atoms with van der Waals surface area (Å²) >= 11 is 0. The molecule has 0 unspecified atom stereocenters. The first kappa shape index (κ1) is 21.2. The minimum absolute atomic E-state index is 0.124. The molecule has 0 heterocycles. The second kappa shape index (κ2) is 9.59. The molecule has 0 aliphatic rings. The van der Waals surface area contributed by atoms with Crippen molar-refractivity contribution in [1.82, 2.24) is 10.6 Å². The highest BCUT2D eigenvalue weighted by atomic mass is 19.4. The van der Waals surface area contributed by atoms with Crippen molar-refractivity contribution in [2.24, 2.45) is 0 Å². The maximum Gasteiger partial charge on any atom is 0.416 e. The molecule has 1 aromatic carbocycles. The van der Waals surface area contributed by atoms with Gasteiger partial charge in [0.1, 0.15) is 0 Å². The molecule has 26 heavy (non-hydrogen) atoms. The van der Waals surface area contributed by atoms with Crippen LogP contribution in [0.5, 0.6) is 0 Å². The number of rotatable bonds is 6. The van der Waals surface area contributed by atoms with Crippen molar-refractivity contribution >= 4 is 24.0 Å². The van der Waals surface area contributed by atoms with E-state index in [0.29, 0.717) is 6.42 Å². The largest absolute Gasteiger partial charge is 0.452 e. The second-order valence-electron chi connectivity index (χ2n) is 5.40. The molecule has 142 valence electrons. The summed E-state index contributed by atoms with van der Waals surface area (Å²) in [5.74, 6) is -1.76. The van der Waals surface area contributed by atoms with E-state index in [4.69, 9.17) is 0 Å².